The van der Waals surface area contributed by atoms with Gasteiger partial charge in [-0.2, -0.15) is 0 Å². The van der Waals surface area contributed by atoms with Gasteiger partial charge in [-0.05, 0) is 19.1 Å². The van der Waals surface area contributed by atoms with Gasteiger partial charge < -0.3 is 4.90 Å². The molecule has 1 atom stereocenters. The zero-order valence-electron chi connectivity index (χ0n) is 12.0. The van der Waals surface area contributed by atoms with Crippen LogP contribution in [0.15, 0.2) is 23.3 Å². The van der Waals surface area contributed by atoms with E-state index in [1.807, 2.05) is 0 Å². The van der Waals surface area contributed by atoms with E-state index in [4.69, 9.17) is 21.4 Å². The number of nitro groups is 1. The molecule has 0 radical (unpaired) electrons. The Kier molecular flexibility index (Phi) is 7.00. The van der Waals surface area contributed by atoms with Crippen LogP contribution in [0.1, 0.15) is 6.92 Å². The Morgan fingerprint density at radius 1 is 1.57 bits per heavy atom. The molecule has 0 aromatic carbocycles. The summed E-state index contributed by atoms with van der Waals surface area (Å²) in [6.45, 7) is 1.79. The number of aromatic nitrogens is 1. The van der Waals surface area contributed by atoms with E-state index in [-0.39, 0.29) is 12.4 Å². The van der Waals surface area contributed by atoms with E-state index in [9.17, 15) is 10.1 Å². The Labute approximate surface area is 127 Å². The minimum Gasteiger partial charge on any atom is -0.326 e. The number of aliphatic imine (C=N–C) groups is 1. The van der Waals surface area contributed by atoms with Crippen LogP contribution in [0.25, 0.3) is 0 Å². The van der Waals surface area contributed by atoms with Crippen LogP contribution < -0.4 is 4.90 Å². The van der Waals surface area contributed by atoms with Gasteiger partial charge in [0.05, 0.1) is 18.5 Å². The van der Waals surface area contributed by atoms with E-state index in [1.165, 1.54) is 13.2 Å². The van der Waals surface area contributed by atoms with Gasteiger partial charge in [-0.3, -0.25) is 15.1 Å². The zero-order valence-corrected chi connectivity index (χ0v) is 12.8. The van der Waals surface area contributed by atoms with E-state index in [2.05, 4.69) is 9.98 Å². The number of halogens is 1. The van der Waals surface area contributed by atoms with Crippen LogP contribution in [-0.4, -0.2) is 49.1 Å². The Bertz CT molecular complexity index is 495. The molecular weight excluding hydrogens is 300 g/mol. The van der Waals surface area contributed by atoms with Gasteiger partial charge in [-0.15, -0.1) is 0 Å². The molecule has 0 aliphatic carbocycles. The summed E-state index contributed by atoms with van der Waals surface area (Å²) >= 11 is 5.72. The van der Waals surface area contributed by atoms with Gasteiger partial charge in [0.25, 0.3) is 6.04 Å². The molecule has 9 heteroatoms. The normalized spacial score (nSPS) is 13.0. The lowest BCUT2D eigenvalue weighted by molar-refractivity contribution is -0.517. The maximum Gasteiger partial charge on any atom is 0.295 e. The van der Waals surface area contributed by atoms with Crippen molar-refractivity contribution in [1.29, 1.82) is 0 Å². The minimum absolute atomic E-state index is 0.226. The van der Waals surface area contributed by atoms with Gasteiger partial charge in [0, 0.05) is 19.0 Å². The number of nitrogens with zero attached hydrogens (tertiary/aromatic N) is 4. The highest BCUT2D eigenvalue weighted by Crippen LogP contribution is 2.16. The quantitative estimate of drug-likeness (QED) is 0.145. The average Bonchev–Trinajstić information content (AvgIpc) is 2.46. The van der Waals surface area contributed by atoms with E-state index < -0.39 is 11.0 Å². The molecule has 0 spiro atoms. The van der Waals surface area contributed by atoms with Crippen molar-refractivity contribution in [3.8, 4) is 0 Å². The number of anilines is 1. The Morgan fingerprint density at radius 3 is 2.76 bits per heavy atom. The molecule has 0 aliphatic rings. The van der Waals surface area contributed by atoms with Crippen molar-refractivity contribution in [2.45, 2.75) is 13.0 Å². The number of hydrogen-bond donors (Lipinski definition) is 0. The van der Waals surface area contributed by atoms with Crippen LogP contribution in [0.3, 0.4) is 0 Å². The standard InChI is InChI=1S/C12H17ClN4O4/c1-4-20-21-8-10(17(18)19)12(14-2)16(3)9-5-6-11(13)15-7-9/h5-7,10H,4,8H2,1-3H3. The zero-order chi connectivity index (χ0) is 15.8. The predicted octanol–water partition coefficient (Wildman–Crippen LogP) is 1.81. The summed E-state index contributed by atoms with van der Waals surface area (Å²) < 4.78 is 0. The van der Waals surface area contributed by atoms with Crippen molar-refractivity contribution in [2.24, 2.45) is 4.99 Å². The van der Waals surface area contributed by atoms with E-state index in [0.717, 1.165) is 0 Å². The summed E-state index contributed by atoms with van der Waals surface area (Å²) in [5, 5.41) is 11.6. The molecule has 0 bridgehead atoms. The minimum atomic E-state index is -1.15. The average molecular weight is 317 g/mol. The van der Waals surface area contributed by atoms with Gasteiger partial charge in [0.2, 0.25) is 0 Å². The molecule has 0 N–H and O–H groups in total. The van der Waals surface area contributed by atoms with Gasteiger partial charge in [-0.1, -0.05) is 11.6 Å². The third-order valence-electron chi connectivity index (χ3n) is 2.65. The molecule has 1 aromatic rings. The molecule has 0 saturated carbocycles. The van der Waals surface area contributed by atoms with Crippen molar-refractivity contribution in [3.63, 3.8) is 0 Å². The molecule has 0 aliphatic heterocycles. The highest BCUT2D eigenvalue weighted by Gasteiger charge is 2.31. The van der Waals surface area contributed by atoms with Crippen molar-refractivity contribution < 1.29 is 14.7 Å². The number of likely N-dealkylation sites (N-methyl/N-ethyl adjacent to an activating group) is 1. The Hall–Kier alpha value is -1.77. The molecule has 1 unspecified atom stereocenters. The third-order valence-corrected chi connectivity index (χ3v) is 2.88. The lowest BCUT2D eigenvalue weighted by Crippen LogP contribution is -2.44. The first-order valence-corrected chi connectivity index (χ1v) is 6.58. The topological polar surface area (TPSA) is 90.1 Å². The number of hydrogen-bond acceptors (Lipinski definition) is 6. The monoisotopic (exact) mass is 316 g/mol. The summed E-state index contributed by atoms with van der Waals surface area (Å²) in [5.74, 6) is 0.226. The van der Waals surface area contributed by atoms with Crippen LogP contribution in [0, 0.1) is 10.1 Å². The Morgan fingerprint density at radius 2 is 2.29 bits per heavy atom. The maximum absolute atomic E-state index is 11.2. The van der Waals surface area contributed by atoms with Gasteiger partial charge in [0.15, 0.2) is 12.4 Å². The number of rotatable bonds is 7. The molecule has 21 heavy (non-hydrogen) atoms. The third kappa shape index (κ3) is 4.92. The predicted molar refractivity (Wildman–Crippen MR) is 79.4 cm³/mol. The summed E-state index contributed by atoms with van der Waals surface area (Å²) in [4.78, 5) is 29.7. The highest BCUT2D eigenvalue weighted by atomic mass is 35.5. The summed E-state index contributed by atoms with van der Waals surface area (Å²) in [7, 11) is 3.14. The van der Waals surface area contributed by atoms with Crippen LogP contribution in [0.5, 0.6) is 0 Å². The van der Waals surface area contributed by atoms with Crippen molar-refractivity contribution in [2.75, 3.05) is 32.2 Å². The van der Waals surface area contributed by atoms with E-state index >= 15 is 0 Å². The fraction of sp³-hybridized carbons (Fsp3) is 0.500. The molecule has 1 rings (SSSR count). The highest BCUT2D eigenvalue weighted by molar-refractivity contribution is 6.29. The van der Waals surface area contributed by atoms with Gasteiger partial charge in [0.1, 0.15) is 5.15 Å². The van der Waals surface area contributed by atoms with Crippen LogP contribution in [-0.2, 0) is 9.78 Å². The van der Waals surface area contributed by atoms with Gasteiger partial charge in [-0.25, -0.2) is 14.8 Å². The van der Waals surface area contributed by atoms with Crippen molar-refractivity contribution >= 4 is 23.1 Å². The lowest BCUT2D eigenvalue weighted by atomic mass is 10.2. The fourth-order valence-electron chi connectivity index (χ4n) is 1.65. The second kappa shape index (κ2) is 8.50. The molecular formula is C12H17ClN4O4. The smallest absolute Gasteiger partial charge is 0.295 e. The molecule has 116 valence electrons. The summed E-state index contributed by atoms with van der Waals surface area (Å²) in [6.07, 6.45) is 1.51. The fourth-order valence-corrected chi connectivity index (χ4v) is 1.76. The van der Waals surface area contributed by atoms with E-state index in [1.54, 1.807) is 31.0 Å². The number of pyridine rings is 1. The molecule has 8 nitrogen and oxygen atoms in total. The van der Waals surface area contributed by atoms with Crippen LogP contribution >= 0.6 is 11.6 Å². The molecule has 0 fully saturated rings. The first-order chi connectivity index (χ1) is 10.0. The summed E-state index contributed by atoms with van der Waals surface area (Å²) in [6, 6.07) is 2.14. The number of amidine groups is 1. The molecule has 0 amide bonds. The maximum atomic E-state index is 11.2. The molecule has 1 aromatic heterocycles. The second-order valence-corrected chi connectivity index (χ2v) is 4.36. The van der Waals surface area contributed by atoms with Crippen LogP contribution in [0.4, 0.5) is 5.69 Å². The summed E-state index contributed by atoms with van der Waals surface area (Å²) in [5.41, 5.74) is 0.628. The largest absolute Gasteiger partial charge is 0.326 e. The first-order valence-electron chi connectivity index (χ1n) is 6.21. The van der Waals surface area contributed by atoms with Crippen LogP contribution in [0.2, 0.25) is 5.15 Å². The van der Waals surface area contributed by atoms with Crippen molar-refractivity contribution in [1.82, 2.24) is 4.98 Å². The molecule has 1 heterocycles. The molecule has 0 saturated heterocycles. The van der Waals surface area contributed by atoms with E-state index in [0.29, 0.717) is 17.4 Å². The SMILES string of the molecule is CCOOCC(C(=NC)N(C)c1ccc(Cl)nc1)[N+](=O)[O-]. The Balaban J connectivity index is 2.92. The van der Waals surface area contributed by atoms with Gasteiger partial charge >= 0.3 is 0 Å². The first kappa shape index (κ1) is 17.3. The second-order valence-electron chi connectivity index (χ2n) is 3.97. The lowest BCUT2D eigenvalue weighted by Gasteiger charge is -2.22. The van der Waals surface area contributed by atoms with Crippen molar-refractivity contribution in [3.05, 3.63) is 33.6 Å².